The molecule has 2 aromatic carbocycles. The highest BCUT2D eigenvalue weighted by Crippen LogP contribution is 2.26. The van der Waals surface area contributed by atoms with Crippen molar-refractivity contribution in [3.8, 4) is 11.5 Å². The summed E-state index contributed by atoms with van der Waals surface area (Å²) in [6.45, 7) is 2.04. The van der Waals surface area contributed by atoms with Gasteiger partial charge in [0.1, 0.15) is 5.52 Å². The molecule has 24 heavy (non-hydrogen) atoms. The number of hydrogen-bond acceptors (Lipinski definition) is 5. The summed E-state index contributed by atoms with van der Waals surface area (Å²) in [5.41, 5.74) is 4.23. The van der Waals surface area contributed by atoms with E-state index in [2.05, 4.69) is 20.3 Å². The van der Waals surface area contributed by atoms with E-state index < -0.39 is 0 Å². The average molecular weight is 337 g/mol. The number of oxazole rings is 1. The monoisotopic (exact) mass is 336 g/mol. The number of benzene rings is 2. The molecule has 2 aromatic heterocycles. The van der Waals surface area contributed by atoms with Crippen molar-refractivity contribution in [3.63, 3.8) is 0 Å². The van der Waals surface area contributed by atoms with Crippen molar-refractivity contribution in [2.45, 2.75) is 6.92 Å². The highest BCUT2D eigenvalue weighted by atomic mass is 35.5. The lowest BCUT2D eigenvalue weighted by Crippen LogP contribution is -1.96. The predicted molar refractivity (Wildman–Crippen MR) is 94.5 cm³/mol. The van der Waals surface area contributed by atoms with Gasteiger partial charge in [-0.3, -0.25) is 0 Å². The van der Waals surface area contributed by atoms with E-state index in [1.807, 2.05) is 31.2 Å². The van der Waals surface area contributed by atoms with Crippen LogP contribution >= 0.6 is 11.6 Å². The quantitative estimate of drug-likeness (QED) is 0.571. The van der Waals surface area contributed by atoms with Gasteiger partial charge in [0.15, 0.2) is 5.58 Å². The Bertz CT molecular complexity index is 994. The van der Waals surface area contributed by atoms with Crippen LogP contribution in [0.4, 0.5) is 11.6 Å². The molecule has 0 unspecified atom stereocenters. The molecule has 0 bridgehead atoms. The summed E-state index contributed by atoms with van der Waals surface area (Å²) in [6, 6.07) is 13.3. The third-order valence-corrected chi connectivity index (χ3v) is 3.79. The van der Waals surface area contributed by atoms with Crippen molar-refractivity contribution in [1.82, 2.24) is 15.0 Å². The molecule has 0 atom stereocenters. The fourth-order valence-electron chi connectivity index (χ4n) is 2.29. The van der Waals surface area contributed by atoms with Crippen LogP contribution < -0.4 is 5.32 Å². The second kappa shape index (κ2) is 5.94. The largest absolute Gasteiger partial charge is 0.436 e. The van der Waals surface area contributed by atoms with Crippen LogP contribution in [0.3, 0.4) is 0 Å². The highest BCUT2D eigenvalue weighted by Gasteiger charge is 2.10. The van der Waals surface area contributed by atoms with Crippen molar-refractivity contribution in [3.05, 3.63) is 65.4 Å². The Hall–Kier alpha value is -2.92. The number of aromatic nitrogens is 3. The smallest absolute Gasteiger partial charge is 0.230 e. The summed E-state index contributed by atoms with van der Waals surface area (Å²) < 4.78 is 5.71. The first-order valence-electron chi connectivity index (χ1n) is 7.39. The van der Waals surface area contributed by atoms with Crippen LogP contribution in [0.5, 0.6) is 0 Å². The summed E-state index contributed by atoms with van der Waals surface area (Å²) in [5, 5.41) is 3.77. The first-order valence-corrected chi connectivity index (χ1v) is 7.77. The lowest BCUT2D eigenvalue weighted by molar-refractivity contribution is 0.619. The van der Waals surface area contributed by atoms with Gasteiger partial charge in [-0.05, 0) is 37.3 Å². The molecule has 5 nitrogen and oxygen atoms in total. The molecule has 6 heteroatoms. The normalized spacial score (nSPS) is 10.9. The fraction of sp³-hybridized carbons (Fsp3) is 0.0556. The van der Waals surface area contributed by atoms with Crippen molar-refractivity contribution in [2.24, 2.45) is 0 Å². The minimum atomic E-state index is 0.467. The summed E-state index contributed by atoms with van der Waals surface area (Å²) >= 11 is 5.97. The van der Waals surface area contributed by atoms with Crippen LogP contribution in [-0.2, 0) is 0 Å². The number of aryl methyl sites for hydroxylation is 1. The number of halogens is 1. The van der Waals surface area contributed by atoms with E-state index in [-0.39, 0.29) is 0 Å². The lowest BCUT2D eigenvalue weighted by atomic mass is 10.2. The van der Waals surface area contributed by atoms with Gasteiger partial charge >= 0.3 is 0 Å². The van der Waals surface area contributed by atoms with Crippen LogP contribution in [-0.4, -0.2) is 15.0 Å². The third kappa shape index (κ3) is 2.94. The molecule has 0 aliphatic heterocycles. The minimum absolute atomic E-state index is 0.467. The summed E-state index contributed by atoms with van der Waals surface area (Å²) in [4.78, 5) is 13.0. The van der Waals surface area contributed by atoms with Gasteiger partial charge in [-0.1, -0.05) is 29.3 Å². The van der Waals surface area contributed by atoms with Crippen LogP contribution in [0.15, 0.2) is 59.3 Å². The van der Waals surface area contributed by atoms with E-state index in [0.717, 1.165) is 5.69 Å². The average Bonchev–Trinajstić information content (AvgIpc) is 3.01. The first-order chi connectivity index (χ1) is 11.7. The number of nitrogens with zero attached hydrogens (tertiary/aromatic N) is 3. The highest BCUT2D eigenvalue weighted by molar-refractivity contribution is 6.31. The molecular weight excluding hydrogens is 324 g/mol. The predicted octanol–water partition coefficient (Wildman–Crippen LogP) is 4.99. The molecule has 0 fully saturated rings. The Morgan fingerprint density at radius 2 is 1.75 bits per heavy atom. The van der Waals surface area contributed by atoms with E-state index in [1.165, 1.54) is 5.56 Å². The van der Waals surface area contributed by atoms with Gasteiger partial charge in [0.05, 0.1) is 5.56 Å². The van der Waals surface area contributed by atoms with E-state index in [1.54, 1.807) is 30.6 Å². The van der Waals surface area contributed by atoms with Crippen molar-refractivity contribution in [1.29, 1.82) is 0 Å². The van der Waals surface area contributed by atoms with E-state index in [0.29, 0.717) is 33.5 Å². The maximum absolute atomic E-state index is 5.97. The zero-order chi connectivity index (χ0) is 16.5. The first kappa shape index (κ1) is 14.7. The minimum Gasteiger partial charge on any atom is -0.436 e. The summed E-state index contributed by atoms with van der Waals surface area (Å²) in [5.74, 6) is 0.982. The fourth-order valence-corrected chi connectivity index (χ4v) is 2.46. The zero-order valence-electron chi connectivity index (χ0n) is 12.8. The number of anilines is 2. The van der Waals surface area contributed by atoms with Crippen LogP contribution in [0.25, 0.3) is 22.6 Å². The molecule has 4 rings (SSSR count). The van der Waals surface area contributed by atoms with Gasteiger partial charge in [0.2, 0.25) is 11.8 Å². The molecule has 4 aromatic rings. The molecule has 0 aliphatic rings. The molecule has 0 amide bonds. The molecular formula is C18H13ClN4O. The molecule has 1 N–H and O–H groups in total. The Morgan fingerprint density at radius 1 is 1.00 bits per heavy atom. The van der Waals surface area contributed by atoms with Gasteiger partial charge in [0.25, 0.3) is 0 Å². The van der Waals surface area contributed by atoms with Gasteiger partial charge < -0.3 is 9.73 Å². The zero-order valence-corrected chi connectivity index (χ0v) is 13.6. The number of rotatable bonds is 3. The molecule has 0 aliphatic carbocycles. The molecule has 0 saturated carbocycles. The molecule has 0 saturated heterocycles. The van der Waals surface area contributed by atoms with Crippen molar-refractivity contribution in [2.75, 3.05) is 5.32 Å². The van der Waals surface area contributed by atoms with Crippen LogP contribution in [0, 0.1) is 6.92 Å². The van der Waals surface area contributed by atoms with Crippen molar-refractivity contribution >= 4 is 34.3 Å². The van der Waals surface area contributed by atoms with Gasteiger partial charge in [-0.2, -0.15) is 0 Å². The second-order valence-electron chi connectivity index (χ2n) is 5.42. The van der Waals surface area contributed by atoms with Gasteiger partial charge in [-0.15, -0.1) is 0 Å². The molecule has 0 spiro atoms. The van der Waals surface area contributed by atoms with Crippen LogP contribution in [0.1, 0.15) is 5.56 Å². The number of nitrogens with one attached hydrogen (secondary N) is 1. The SMILES string of the molecule is Cc1ccc(Nc2ncc(-c3nc4cc(Cl)ccc4o3)cn2)cc1. The van der Waals surface area contributed by atoms with E-state index >= 15 is 0 Å². The summed E-state index contributed by atoms with van der Waals surface area (Å²) in [7, 11) is 0. The van der Waals surface area contributed by atoms with E-state index in [9.17, 15) is 0 Å². The maximum atomic E-state index is 5.97. The Balaban J connectivity index is 1.59. The number of hydrogen-bond donors (Lipinski definition) is 1. The topological polar surface area (TPSA) is 63.8 Å². The third-order valence-electron chi connectivity index (χ3n) is 3.56. The molecule has 118 valence electrons. The Kier molecular flexibility index (Phi) is 3.63. The second-order valence-corrected chi connectivity index (χ2v) is 5.85. The van der Waals surface area contributed by atoms with Gasteiger partial charge in [0, 0.05) is 23.1 Å². The van der Waals surface area contributed by atoms with Gasteiger partial charge in [-0.25, -0.2) is 15.0 Å². The standard InChI is InChI=1S/C18H13ClN4O/c1-11-2-5-14(6-3-11)22-18-20-9-12(10-21-18)17-23-15-8-13(19)4-7-16(15)24-17/h2-10H,1H3,(H,20,21,22). The molecule has 0 radical (unpaired) electrons. The van der Waals surface area contributed by atoms with Crippen LogP contribution in [0.2, 0.25) is 5.02 Å². The summed E-state index contributed by atoms with van der Waals surface area (Å²) in [6.07, 6.45) is 3.35. The lowest BCUT2D eigenvalue weighted by Gasteiger charge is -2.04. The van der Waals surface area contributed by atoms with E-state index in [4.69, 9.17) is 16.0 Å². The maximum Gasteiger partial charge on any atom is 0.230 e. The Labute approximate surface area is 143 Å². The number of fused-ring (bicyclic) bond motifs is 1. The molecule has 2 heterocycles. The Morgan fingerprint density at radius 3 is 2.50 bits per heavy atom. The van der Waals surface area contributed by atoms with Crippen molar-refractivity contribution < 1.29 is 4.42 Å².